The third-order valence-corrected chi connectivity index (χ3v) is 3.28. The zero-order chi connectivity index (χ0) is 13.1. The molecule has 0 spiro atoms. The predicted octanol–water partition coefficient (Wildman–Crippen LogP) is 1.99. The van der Waals surface area contributed by atoms with E-state index in [9.17, 15) is 0 Å². The molecule has 1 fully saturated rings. The quantitative estimate of drug-likeness (QED) is 0.836. The van der Waals surface area contributed by atoms with Crippen LogP contribution in [0.3, 0.4) is 0 Å². The van der Waals surface area contributed by atoms with Crippen LogP contribution < -0.4 is 10.6 Å². The molecule has 1 aliphatic rings. The van der Waals surface area contributed by atoms with Crippen molar-refractivity contribution in [2.24, 2.45) is 11.7 Å². The van der Waals surface area contributed by atoms with Gasteiger partial charge in [0.25, 0.3) is 0 Å². The highest BCUT2D eigenvalue weighted by atomic mass is 15.3. The van der Waals surface area contributed by atoms with Gasteiger partial charge in [0.1, 0.15) is 0 Å². The Labute approximate surface area is 110 Å². The molecule has 4 heteroatoms. The van der Waals surface area contributed by atoms with Crippen LogP contribution in [0.2, 0.25) is 0 Å². The van der Waals surface area contributed by atoms with Crippen molar-refractivity contribution >= 4 is 5.95 Å². The molecular weight excluding hydrogens is 224 g/mol. The molecule has 4 nitrogen and oxygen atoms in total. The first-order valence-corrected chi connectivity index (χ1v) is 6.89. The SMILES string of the molecule is CC(N)Cc1cnc(N(CC2CC2)C(C)C)nc1. The van der Waals surface area contributed by atoms with Crippen LogP contribution in [-0.2, 0) is 6.42 Å². The minimum atomic E-state index is 0.159. The second kappa shape index (κ2) is 5.65. The van der Waals surface area contributed by atoms with Gasteiger partial charge in [-0.25, -0.2) is 9.97 Å². The average molecular weight is 248 g/mol. The van der Waals surface area contributed by atoms with Gasteiger partial charge < -0.3 is 10.6 Å². The van der Waals surface area contributed by atoms with Crippen LogP contribution in [0.4, 0.5) is 5.95 Å². The van der Waals surface area contributed by atoms with Gasteiger partial charge in [-0.2, -0.15) is 0 Å². The Hall–Kier alpha value is -1.16. The molecule has 0 amide bonds. The fourth-order valence-corrected chi connectivity index (χ4v) is 2.08. The summed E-state index contributed by atoms with van der Waals surface area (Å²) in [7, 11) is 0. The van der Waals surface area contributed by atoms with E-state index in [1.165, 1.54) is 12.8 Å². The van der Waals surface area contributed by atoms with Gasteiger partial charge in [-0.1, -0.05) is 0 Å². The Kier molecular flexibility index (Phi) is 4.17. The normalized spacial score (nSPS) is 16.9. The average Bonchev–Trinajstić information content (AvgIpc) is 3.10. The molecule has 0 radical (unpaired) electrons. The fraction of sp³-hybridized carbons (Fsp3) is 0.714. The Morgan fingerprint density at radius 2 is 1.89 bits per heavy atom. The van der Waals surface area contributed by atoms with E-state index in [1.54, 1.807) is 0 Å². The lowest BCUT2D eigenvalue weighted by Gasteiger charge is -2.26. The van der Waals surface area contributed by atoms with E-state index in [0.717, 1.165) is 30.4 Å². The van der Waals surface area contributed by atoms with Crippen LogP contribution >= 0.6 is 0 Å². The molecule has 0 aliphatic heterocycles. The molecule has 18 heavy (non-hydrogen) atoms. The molecule has 0 saturated heterocycles. The number of rotatable bonds is 6. The third-order valence-electron chi connectivity index (χ3n) is 3.28. The van der Waals surface area contributed by atoms with Crippen molar-refractivity contribution in [3.63, 3.8) is 0 Å². The highest BCUT2D eigenvalue weighted by Gasteiger charge is 2.26. The van der Waals surface area contributed by atoms with E-state index < -0.39 is 0 Å². The van der Waals surface area contributed by atoms with Gasteiger partial charge in [0.05, 0.1) is 0 Å². The van der Waals surface area contributed by atoms with Crippen LogP contribution in [0.1, 0.15) is 39.2 Å². The van der Waals surface area contributed by atoms with Crippen LogP contribution in [0.5, 0.6) is 0 Å². The van der Waals surface area contributed by atoms with Crippen LogP contribution in [0.25, 0.3) is 0 Å². The molecule has 2 N–H and O–H groups in total. The second-order valence-corrected chi connectivity index (χ2v) is 5.76. The third kappa shape index (κ3) is 3.67. The summed E-state index contributed by atoms with van der Waals surface area (Å²) in [5.41, 5.74) is 6.89. The highest BCUT2D eigenvalue weighted by molar-refractivity contribution is 5.31. The van der Waals surface area contributed by atoms with E-state index in [4.69, 9.17) is 5.73 Å². The summed E-state index contributed by atoms with van der Waals surface area (Å²) in [6.45, 7) is 7.48. The number of nitrogens with two attached hydrogens (primary N) is 1. The van der Waals surface area contributed by atoms with Gasteiger partial charge in [-0.15, -0.1) is 0 Å². The molecule has 1 atom stereocenters. The number of hydrogen-bond acceptors (Lipinski definition) is 4. The maximum atomic E-state index is 5.78. The lowest BCUT2D eigenvalue weighted by Crippen LogP contribution is -2.34. The predicted molar refractivity (Wildman–Crippen MR) is 74.6 cm³/mol. The molecule has 1 saturated carbocycles. The molecule has 0 aromatic carbocycles. The lowest BCUT2D eigenvalue weighted by molar-refractivity contribution is 0.625. The molecule has 100 valence electrons. The zero-order valence-corrected chi connectivity index (χ0v) is 11.6. The maximum Gasteiger partial charge on any atom is 0.225 e. The molecular formula is C14H24N4. The van der Waals surface area contributed by atoms with Crippen molar-refractivity contribution in [1.82, 2.24) is 9.97 Å². The van der Waals surface area contributed by atoms with Crippen LogP contribution in [0, 0.1) is 5.92 Å². The van der Waals surface area contributed by atoms with E-state index >= 15 is 0 Å². The first kappa shape index (κ1) is 13.3. The highest BCUT2D eigenvalue weighted by Crippen LogP contribution is 2.31. The summed E-state index contributed by atoms with van der Waals surface area (Å²) in [4.78, 5) is 11.3. The van der Waals surface area contributed by atoms with Crippen molar-refractivity contribution in [3.05, 3.63) is 18.0 Å². The van der Waals surface area contributed by atoms with E-state index in [2.05, 4.69) is 28.7 Å². The van der Waals surface area contributed by atoms with Gasteiger partial charge >= 0.3 is 0 Å². The second-order valence-electron chi connectivity index (χ2n) is 5.76. The minimum absolute atomic E-state index is 0.159. The summed E-state index contributed by atoms with van der Waals surface area (Å²) < 4.78 is 0. The molecule has 0 bridgehead atoms. The molecule has 2 rings (SSSR count). The Bertz CT molecular complexity index is 368. The summed E-state index contributed by atoms with van der Waals surface area (Å²) in [6.07, 6.45) is 7.37. The van der Waals surface area contributed by atoms with Crippen molar-refractivity contribution in [3.8, 4) is 0 Å². The Morgan fingerprint density at radius 1 is 1.28 bits per heavy atom. The van der Waals surface area contributed by atoms with Gasteiger partial charge in [-0.05, 0) is 51.5 Å². The molecule has 1 aliphatic carbocycles. The first-order valence-electron chi connectivity index (χ1n) is 6.89. The number of aromatic nitrogens is 2. The van der Waals surface area contributed by atoms with Gasteiger partial charge in [0.2, 0.25) is 5.95 Å². The largest absolute Gasteiger partial charge is 0.338 e. The Morgan fingerprint density at radius 3 is 2.33 bits per heavy atom. The van der Waals surface area contributed by atoms with Gasteiger partial charge in [0.15, 0.2) is 0 Å². The monoisotopic (exact) mass is 248 g/mol. The number of nitrogens with zero attached hydrogens (tertiary/aromatic N) is 3. The Balaban J connectivity index is 2.05. The minimum Gasteiger partial charge on any atom is -0.338 e. The van der Waals surface area contributed by atoms with E-state index in [0.29, 0.717) is 6.04 Å². The number of hydrogen-bond donors (Lipinski definition) is 1. The zero-order valence-electron chi connectivity index (χ0n) is 11.6. The van der Waals surface area contributed by atoms with E-state index in [1.807, 2.05) is 19.3 Å². The topological polar surface area (TPSA) is 55.0 Å². The van der Waals surface area contributed by atoms with Crippen molar-refractivity contribution < 1.29 is 0 Å². The van der Waals surface area contributed by atoms with Crippen LogP contribution in [0.15, 0.2) is 12.4 Å². The fourth-order valence-electron chi connectivity index (χ4n) is 2.08. The van der Waals surface area contributed by atoms with Crippen molar-refractivity contribution in [1.29, 1.82) is 0 Å². The van der Waals surface area contributed by atoms with E-state index in [-0.39, 0.29) is 6.04 Å². The summed E-state index contributed by atoms with van der Waals surface area (Å²) in [6, 6.07) is 0.608. The summed E-state index contributed by atoms with van der Waals surface area (Å²) in [5.74, 6) is 1.70. The maximum absolute atomic E-state index is 5.78. The standard InChI is InChI=1S/C14H24N4/c1-10(2)18(9-12-4-5-12)14-16-7-13(8-17-14)6-11(3)15/h7-8,10-12H,4-6,9,15H2,1-3H3. The molecule has 1 heterocycles. The smallest absolute Gasteiger partial charge is 0.225 e. The van der Waals surface area contributed by atoms with Crippen molar-refractivity contribution in [2.45, 2.75) is 52.1 Å². The first-order chi connectivity index (χ1) is 8.56. The van der Waals surface area contributed by atoms with Crippen molar-refractivity contribution in [2.75, 3.05) is 11.4 Å². The molecule has 1 unspecified atom stereocenters. The van der Waals surface area contributed by atoms with Crippen LogP contribution in [-0.4, -0.2) is 28.6 Å². The summed E-state index contributed by atoms with van der Waals surface area (Å²) in [5, 5.41) is 0. The number of anilines is 1. The summed E-state index contributed by atoms with van der Waals surface area (Å²) >= 11 is 0. The molecule has 1 aromatic heterocycles. The van der Waals surface area contributed by atoms with Gasteiger partial charge in [0, 0.05) is 31.0 Å². The lowest BCUT2D eigenvalue weighted by atomic mass is 10.1. The molecule has 1 aromatic rings. The van der Waals surface area contributed by atoms with Gasteiger partial charge in [-0.3, -0.25) is 0 Å².